The summed E-state index contributed by atoms with van der Waals surface area (Å²) in [5, 5.41) is 24.3. The van der Waals surface area contributed by atoms with Crippen molar-refractivity contribution in [3.05, 3.63) is 23.3 Å². The maximum absolute atomic E-state index is 13.9. The molecule has 0 spiro atoms. The van der Waals surface area contributed by atoms with Crippen LogP contribution in [-0.2, 0) is 23.9 Å². The number of carbonyl (C=O) groups excluding carboxylic acids is 4. The van der Waals surface area contributed by atoms with Gasteiger partial charge in [-0.1, -0.05) is 38.8 Å². The average Bonchev–Trinajstić information content (AvgIpc) is 3.51. The van der Waals surface area contributed by atoms with Gasteiger partial charge in [-0.25, -0.2) is 0 Å². The second kappa shape index (κ2) is 11.3. The Balaban J connectivity index is 0.917. The molecule has 12 atom stereocenters. The third-order valence-electron chi connectivity index (χ3n) is 17.6. The third-order valence-corrected chi connectivity index (χ3v) is 17.6. The Morgan fingerprint density at radius 1 is 0.592 bits per heavy atom. The summed E-state index contributed by atoms with van der Waals surface area (Å²) in [6.45, 7) is 8.26. The second-order valence-electron chi connectivity index (χ2n) is 19.0. The molecule has 0 aromatic heterocycles. The minimum atomic E-state index is -1.49. The van der Waals surface area contributed by atoms with Gasteiger partial charge in [0.2, 0.25) is 0 Å². The highest BCUT2D eigenvalue weighted by molar-refractivity contribution is 5.93. The Kier molecular flexibility index (Phi) is 7.85. The molecule has 0 saturated heterocycles. The molecular formula is C42H58O7. The van der Waals surface area contributed by atoms with Gasteiger partial charge in [0.15, 0.2) is 23.1 Å². The van der Waals surface area contributed by atoms with Gasteiger partial charge in [-0.05, 0) is 148 Å². The Labute approximate surface area is 292 Å². The van der Waals surface area contributed by atoms with E-state index in [1.807, 2.05) is 12.2 Å². The summed E-state index contributed by atoms with van der Waals surface area (Å²) in [7, 11) is 0. The number of ether oxygens (including phenoxy) is 1. The molecule has 49 heavy (non-hydrogen) atoms. The highest BCUT2D eigenvalue weighted by Crippen LogP contribution is 2.69. The van der Waals surface area contributed by atoms with Crippen LogP contribution in [0.4, 0.5) is 0 Å². The number of carbonyl (C=O) groups is 4. The molecule has 8 rings (SSSR count). The number of rotatable bonds is 6. The van der Waals surface area contributed by atoms with Gasteiger partial charge in [0.25, 0.3) is 0 Å². The van der Waals surface area contributed by atoms with E-state index in [2.05, 4.69) is 27.7 Å². The monoisotopic (exact) mass is 674 g/mol. The molecule has 0 heterocycles. The molecule has 0 radical (unpaired) electrons. The predicted molar refractivity (Wildman–Crippen MR) is 184 cm³/mol. The van der Waals surface area contributed by atoms with Gasteiger partial charge in [-0.15, -0.1) is 0 Å². The van der Waals surface area contributed by atoms with Gasteiger partial charge in [0.05, 0.1) is 0 Å². The first-order valence-electron chi connectivity index (χ1n) is 19.7. The Bertz CT molecular complexity index is 1430. The van der Waals surface area contributed by atoms with Gasteiger partial charge in [-0.2, -0.15) is 0 Å². The summed E-state index contributed by atoms with van der Waals surface area (Å²) in [5.74, 6) is 2.12. The quantitative estimate of drug-likeness (QED) is 0.323. The van der Waals surface area contributed by atoms with Crippen LogP contribution in [0.5, 0.6) is 0 Å². The van der Waals surface area contributed by atoms with Crippen molar-refractivity contribution in [3.8, 4) is 0 Å². The lowest BCUT2D eigenvalue weighted by atomic mass is 9.46. The largest absolute Gasteiger partial charge is 0.381 e. The zero-order valence-corrected chi connectivity index (χ0v) is 30.3. The molecule has 8 aliphatic carbocycles. The van der Waals surface area contributed by atoms with Crippen LogP contribution in [0, 0.1) is 57.2 Å². The smallest absolute Gasteiger partial charge is 0.190 e. The molecule has 0 aromatic carbocycles. The number of hydrogen-bond donors (Lipinski definition) is 2. The minimum absolute atomic E-state index is 0.0347. The minimum Gasteiger partial charge on any atom is -0.381 e. The molecule has 2 N–H and O–H groups in total. The molecule has 268 valence electrons. The first-order chi connectivity index (χ1) is 23.1. The number of aliphatic hydroxyl groups is 2. The number of fused-ring (bicyclic) bond motifs is 10. The third kappa shape index (κ3) is 4.55. The van der Waals surface area contributed by atoms with Crippen molar-refractivity contribution in [1.82, 2.24) is 0 Å². The van der Waals surface area contributed by atoms with Crippen molar-refractivity contribution >= 4 is 23.1 Å². The normalized spacial score (nSPS) is 50.2. The maximum Gasteiger partial charge on any atom is 0.190 e. The lowest BCUT2D eigenvalue weighted by Crippen LogP contribution is -2.59. The van der Waals surface area contributed by atoms with Crippen molar-refractivity contribution in [3.63, 3.8) is 0 Å². The van der Waals surface area contributed by atoms with E-state index in [0.717, 1.165) is 77.0 Å². The highest BCUT2D eigenvalue weighted by Gasteiger charge is 2.68. The Morgan fingerprint density at radius 3 is 1.39 bits per heavy atom. The highest BCUT2D eigenvalue weighted by atomic mass is 16.5. The lowest BCUT2D eigenvalue weighted by molar-refractivity contribution is -0.172. The molecule has 0 aromatic rings. The molecule has 6 saturated carbocycles. The van der Waals surface area contributed by atoms with Crippen LogP contribution in [0.2, 0.25) is 0 Å². The SMILES string of the molecule is C[C@]12CCC(=O)C=C1CC[C@@H]1[C@@H]2CC[C@@]2(C)[C@H]1CC[C@]2(O)C(=O)COCC(=O)[C@@]1(O)CC[C@H]2[C@@H]3CCC4=CC(=O)CC[C@]4(C)[C@H]3CC[C@@]21C. The van der Waals surface area contributed by atoms with Crippen LogP contribution in [0.25, 0.3) is 0 Å². The number of Topliss-reactive ketones (excluding diaryl/α,β-unsaturated/α-hetero) is 2. The fourth-order valence-electron chi connectivity index (χ4n) is 14.5. The molecule has 7 heteroatoms. The van der Waals surface area contributed by atoms with Crippen LogP contribution in [0.1, 0.15) is 130 Å². The van der Waals surface area contributed by atoms with Crippen LogP contribution in [-0.4, -0.2) is 57.8 Å². The van der Waals surface area contributed by atoms with Crippen molar-refractivity contribution in [2.24, 2.45) is 57.2 Å². The van der Waals surface area contributed by atoms with E-state index in [1.165, 1.54) is 11.1 Å². The Morgan fingerprint density at radius 2 is 0.980 bits per heavy atom. The van der Waals surface area contributed by atoms with E-state index in [-0.39, 0.29) is 59.0 Å². The van der Waals surface area contributed by atoms with Gasteiger partial charge < -0.3 is 14.9 Å². The molecule has 0 unspecified atom stereocenters. The van der Waals surface area contributed by atoms with E-state index in [4.69, 9.17) is 4.74 Å². The second-order valence-corrected chi connectivity index (χ2v) is 19.0. The maximum atomic E-state index is 13.9. The van der Waals surface area contributed by atoms with E-state index < -0.39 is 22.0 Å². The summed E-state index contributed by atoms with van der Waals surface area (Å²) in [6.07, 6.45) is 16.6. The van der Waals surface area contributed by atoms with E-state index in [9.17, 15) is 29.4 Å². The molecule has 0 amide bonds. The molecule has 6 fully saturated rings. The first-order valence-corrected chi connectivity index (χ1v) is 19.7. The first kappa shape index (κ1) is 34.1. The van der Waals surface area contributed by atoms with Crippen molar-refractivity contribution in [2.45, 2.75) is 142 Å². The topological polar surface area (TPSA) is 118 Å². The van der Waals surface area contributed by atoms with Gasteiger partial charge in [0, 0.05) is 23.7 Å². The molecular weight excluding hydrogens is 616 g/mol. The summed E-state index contributed by atoms with van der Waals surface area (Å²) < 4.78 is 5.87. The predicted octanol–water partition coefficient (Wildman–Crippen LogP) is 6.67. The number of hydrogen-bond acceptors (Lipinski definition) is 7. The van der Waals surface area contributed by atoms with E-state index in [0.29, 0.717) is 49.4 Å². The van der Waals surface area contributed by atoms with E-state index in [1.54, 1.807) is 0 Å². The molecule has 7 nitrogen and oxygen atoms in total. The lowest BCUT2D eigenvalue weighted by Gasteiger charge is -2.59. The average molecular weight is 675 g/mol. The number of allylic oxidation sites excluding steroid dienone is 2. The molecule has 0 aliphatic heterocycles. The number of ketones is 4. The Hall–Kier alpha value is -1.96. The molecule has 0 bridgehead atoms. The standard InChI is InChI=1S/C42H58O7/c1-37-15-9-27(43)21-25(37)5-7-29-31(37)11-17-39(3)33(29)13-19-41(39,47)35(45)23-49-24-36(46)42(48)20-14-34-30-8-6-26-22-28(44)10-16-38(26,2)32(30)12-18-40(34,42)4/h21-22,29-34,47-48H,5-20,23-24H2,1-4H3/t29-,30-,31+,32+,33+,34+,37+,38+,39+,40+,41+,42+/m1/s1. The van der Waals surface area contributed by atoms with Crippen molar-refractivity contribution in [1.29, 1.82) is 0 Å². The zero-order valence-electron chi connectivity index (χ0n) is 30.3. The summed E-state index contributed by atoms with van der Waals surface area (Å²) in [4.78, 5) is 52.2. The van der Waals surface area contributed by atoms with Crippen LogP contribution in [0.3, 0.4) is 0 Å². The van der Waals surface area contributed by atoms with Gasteiger partial charge in [-0.3, -0.25) is 19.2 Å². The fraction of sp³-hybridized carbons (Fsp3) is 0.810. The van der Waals surface area contributed by atoms with Gasteiger partial charge in [0.1, 0.15) is 24.4 Å². The van der Waals surface area contributed by atoms with E-state index >= 15 is 0 Å². The fourth-order valence-corrected chi connectivity index (χ4v) is 14.5. The summed E-state index contributed by atoms with van der Waals surface area (Å²) >= 11 is 0. The van der Waals surface area contributed by atoms with Crippen molar-refractivity contribution < 1.29 is 34.1 Å². The summed E-state index contributed by atoms with van der Waals surface area (Å²) in [5.41, 5.74) is -1.36. The summed E-state index contributed by atoms with van der Waals surface area (Å²) in [6, 6.07) is 0. The van der Waals surface area contributed by atoms with Gasteiger partial charge >= 0.3 is 0 Å². The van der Waals surface area contributed by atoms with Crippen LogP contribution >= 0.6 is 0 Å². The van der Waals surface area contributed by atoms with Crippen LogP contribution in [0.15, 0.2) is 23.3 Å². The van der Waals surface area contributed by atoms with Crippen LogP contribution < -0.4 is 0 Å². The molecule has 8 aliphatic rings. The zero-order chi connectivity index (χ0) is 34.8. The van der Waals surface area contributed by atoms with Crippen molar-refractivity contribution in [2.75, 3.05) is 13.2 Å².